The molecule has 5 nitrogen and oxygen atoms in total. The largest absolute Gasteiger partial charge is 0.487 e. The van der Waals surface area contributed by atoms with Crippen LogP contribution < -0.4 is 9.47 Å². The Morgan fingerprint density at radius 1 is 1.32 bits per heavy atom. The lowest BCUT2D eigenvalue weighted by Crippen LogP contribution is -2.36. The monoisotopic (exact) mass is 303 g/mol. The smallest absolute Gasteiger partial charge is 0.260 e. The molecular formula is C17H21NO4. The zero-order valence-electron chi connectivity index (χ0n) is 13.1. The molecule has 1 aromatic rings. The second-order valence-corrected chi connectivity index (χ2v) is 6.50. The molecule has 1 aromatic carbocycles. The number of carbonyl (C=O) groups excluding carboxylic acids is 2. The fourth-order valence-electron chi connectivity index (χ4n) is 2.92. The third kappa shape index (κ3) is 3.08. The van der Waals surface area contributed by atoms with E-state index in [1.165, 1.54) is 0 Å². The van der Waals surface area contributed by atoms with Crippen LogP contribution in [0.2, 0.25) is 0 Å². The summed E-state index contributed by atoms with van der Waals surface area (Å²) in [5.74, 6) is 1.16. The van der Waals surface area contributed by atoms with Crippen molar-refractivity contribution < 1.29 is 19.1 Å². The van der Waals surface area contributed by atoms with Gasteiger partial charge in [-0.3, -0.25) is 9.59 Å². The van der Waals surface area contributed by atoms with Crippen LogP contribution in [-0.2, 0) is 4.79 Å². The Balaban J connectivity index is 1.67. The molecule has 5 heteroatoms. The van der Waals surface area contributed by atoms with Gasteiger partial charge in [-0.25, -0.2) is 0 Å². The van der Waals surface area contributed by atoms with Crippen LogP contribution in [0.4, 0.5) is 0 Å². The molecule has 1 saturated heterocycles. The number of nitrogens with zero attached hydrogens (tertiary/aromatic N) is 1. The molecule has 0 aliphatic carbocycles. The molecule has 0 spiro atoms. The van der Waals surface area contributed by atoms with Crippen molar-refractivity contribution in [3.8, 4) is 11.5 Å². The Hall–Kier alpha value is -2.04. The van der Waals surface area contributed by atoms with Crippen LogP contribution in [0.15, 0.2) is 18.2 Å². The van der Waals surface area contributed by atoms with Crippen molar-refractivity contribution in [3.63, 3.8) is 0 Å². The normalized spacial score (nSPS) is 19.5. The summed E-state index contributed by atoms with van der Waals surface area (Å²) in [6.45, 7) is 5.43. The molecule has 0 bridgehead atoms. The average Bonchev–Trinajstić information content (AvgIpc) is 2.98. The van der Waals surface area contributed by atoms with Gasteiger partial charge in [0.2, 0.25) is 0 Å². The molecule has 118 valence electrons. The predicted molar refractivity (Wildman–Crippen MR) is 81.4 cm³/mol. The van der Waals surface area contributed by atoms with E-state index in [0.717, 1.165) is 25.9 Å². The van der Waals surface area contributed by atoms with Crippen molar-refractivity contribution in [1.82, 2.24) is 4.90 Å². The third-order valence-electron chi connectivity index (χ3n) is 4.05. The van der Waals surface area contributed by atoms with Gasteiger partial charge in [0, 0.05) is 13.1 Å². The van der Waals surface area contributed by atoms with Gasteiger partial charge in [-0.05, 0) is 44.9 Å². The zero-order chi connectivity index (χ0) is 15.7. The van der Waals surface area contributed by atoms with E-state index in [4.69, 9.17) is 9.47 Å². The van der Waals surface area contributed by atoms with Crippen LogP contribution in [-0.4, -0.2) is 41.9 Å². The third-order valence-corrected chi connectivity index (χ3v) is 4.05. The summed E-state index contributed by atoms with van der Waals surface area (Å²) >= 11 is 0. The number of hydrogen-bond donors (Lipinski definition) is 0. The minimum atomic E-state index is -0.474. The molecule has 2 aliphatic heterocycles. The lowest BCUT2D eigenvalue weighted by Gasteiger charge is -2.31. The second kappa shape index (κ2) is 5.63. The highest BCUT2D eigenvalue weighted by Gasteiger charge is 2.32. The van der Waals surface area contributed by atoms with E-state index in [-0.39, 0.29) is 18.3 Å². The summed E-state index contributed by atoms with van der Waals surface area (Å²) < 4.78 is 11.3. The zero-order valence-corrected chi connectivity index (χ0v) is 13.1. The molecule has 2 heterocycles. The molecule has 0 saturated carbocycles. The summed E-state index contributed by atoms with van der Waals surface area (Å²) in [6, 6.07) is 5.15. The number of benzene rings is 1. The van der Waals surface area contributed by atoms with Gasteiger partial charge in [0.15, 0.2) is 12.4 Å². The Bertz CT molecular complexity index is 603. The molecule has 0 unspecified atom stereocenters. The maximum atomic E-state index is 12.2. The first-order chi connectivity index (χ1) is 10.4. The summed E-state index contributed by atoms with van der Waals surface area (Å²) in [4.78, 5) is 26.0. The molecular weight excluding hydrogens is 282 g/mol. The van der Waals surface area contributed by atoms with Crippen LogP contribution in [0.5, 0.6) is 11.5 Å². The van der Waals surface area contributed by atoms with Crippen molar-refractivity contribution >= 4 is 11.7 Å². The van der Waals surface area contributed by atoms with Gasteiger partial charge in [-0.15, -0.1) is 0 Å². The van der Waals surface area contributed by atoms with E-state index in [1.54, 1.807) is 18.2 Å². The number of rotatable bonds is 3. The first-order valence-corrected chi connectivity index (χ1v) is 7.71. The topological polar surface area (TPSA) is 55.8 Å². The van der Waals surface area contributed by atoms with Gasteiger partial charge in [-0.2, -0.15) is 0 Å². The van der Waals surface area contributed by atoms with Gasteiger partial charge < -0.3 is 14.4 Å². The summed E-state index contributed by atoms with van der Waals surface area (Å²) in [5, 5.41) is 0. The quantitative estimate of drug-likeness (QED) is 0.860. The number of hydrogen-bond acceptors (Lipinski definition) is 4. The highest BCUT2D eigenvalue weighted by atomic mass is 16.5. The van der Waals surface area contributed by atoms with Crippen LogP contribution in [0.3, 0.4) is 0 Å². The maximum Gasteiger partial charge on any atom is 0.260 e. The molecule has 1 amide bonds. The van der Waals surface area contributed by atoms with Crippen molar-refractivity contribution in [2.24, 2.45) is 0 Å². The molecule has 3 rings (SSSR count). The van der Waals surface area contributed by atoms with E-state index < -0.39 is 5.60 Å². The summed E-state index contributed by atoms with van der Waals surface area (Å²) in [7, 11) is 0. The van der Waals surface area contributed by atoms with E-state index in [9.17, 15) is 9.59 Å². The minimum absolute atomic E-state index is 0.000990. The molecule has 0 N–H and O–H groups in total. The molecule has 2 aliphatic rings. The van der Waals surface area contributed by atoms with E-state index in [1.807, 2.05) is 18.7 Å². The Morgan fingerprint density at radius 2 is 2.05 bits per heavy atom. The van der Waals surface area contributed by atoms with Crippen molar-refractivity contribution in [1.29, 1.82) is 0 Å². The second-order valence-electron chi connectivity index (χ2n) is 6.50. The van der Waals surface area contributed by atoms with Gasteiger partial charge in [0.1, 0.15) is 17.1 Å². The number of carbonyl (C=O) groups is 2. The van der Waals surface area contributed by atoms with Crippen LogP contribution in [0.25, 0.3) is 0 Å². The maximum absolute atomic E-state index is 12.2. The minimum Gasteiger partial charge on any atom is -0.487 e. The highest BCUT2D eigenvalue weighted by molar-refractivity contribution is 6.00. The number of Topliss-reactive ketones (excluding diaryl/α,β-unsaturated/α-hetero) is 1. The van der Waals surface area contributed by atoms with Crippen molar-refractivity contribution in [2.75, 3.05) is 19.7 Å². The SMILES string of the molecule is CC1(C)CC(=O)c2cc(OCC(=O)N3CCCC3)ccc2O1. The van der Waals surface area contributed by atoms with Gasteiger partial charge in [0.05, 0.1) is 12.0 Å². The molecule has 0 atom stereocenters. The fraction of sp³-hybridized carbons (Fsp3) is 0.529. The van der Waals surface area contributed by atoms with Gasteiger partial charge in [-0.1, -0.05) is 0 Å². The first-order valence-electron chi connectivity index (χ1n) is 7.71. The van der Waals surface area contributed by atoms with Crippen LogP contribution in [0.1, 0.15) is 43.5 Å². The van der Waals surface area contributed by atoms with E-state index in [0.29, 0.717) is 23.5 Å². The Morgan fingerprint density at radius 3 is 2.77 bits per heavy atom. The Labute approximate surface area is 130 Å². The van der Waals surface area contributed by atoms with Crippen LogP contribution >= 0.6 is 0 Å². The van der Waals surface area contributed by atoms with Gasteiger partial charge >= 0.3 is 0 Å². The molecule has 0 radical (unpaired) electrons. The van der Waals surface area contributed by atoms with Crippen LogP contribution in [0, 0.1) is 0 Å². The summed E-state index contributed by atoms with van der Waals surface area (Å²) in [6.07, 6.45) is 2.47. The first kappa shape index (κ1) is 14.9. The average molecular weight is 303 g/mol. The summed E-state index contributed by atoms with van der Waals surface area (Å²) in [5.41, 5.74) is 0.0588. The fourth-order valence-corrected chi connectivity index (χ4v) is 2.92. The molecule has 0 aromatic heterocycles. The van der Waals surface area contributed by atoms with Gasteiger partial charge in [0.25, 0.3) is 5.91 Å². The van der Waals surface area contributed by atoms with E-state index >= 15 is 0 Å². The predicted octanol–water partition coefficient (Wildman–Crippen LogP) is 2.43. The lowest BCUT2D eigenvalue weighted by atomic mass is 9.93. The number of ether oxygens (including phenoxy) is 2. The van der Waals surface area contributed by atoms with Crippen molar-refractivity contribution in [3.05, 3.63) is 23.8 Å². The number of likely N-dealkylation sites (tertiary alicyclic amines) is 1. The number of ketones is 1. The van der Waals surface area contributed by atoms with Crippen molar-refractivity contribution in [2.45, 2.75) is 38.7 Å². The lowest BCUT2D eigenvalue weighted by molar-refractivity contribution is -0.132. The van der Waals surface area contributed by atoms with E-state index in [2.05, 4.69) is 0 Å². The molecule has 1 fully saturated rings. The standard InChI is InChI=1S/C17H21NO4/c1-17(2)10-14(19)13-9-12(5-6-15(13)22-17)21-11-16(20)18-7-3-4-8-18/h5-6,9H,3-4,7-8,10-11H2,1-2H3. The number of amides is 1. The highest BCUT2D eigenvalue weighted by Crippen LogP contribution is 2.35. The Kier molecular flexibility index (Phi) is 3.81. The molecule has 22 heavy (non-hydrogen) atoms. The number of fused-ring (bicyclic) bond motifs is 1.